The van der Waals surface area contributed by atoms with Crippen LogP contribution in [0.4, 0.5) is 10.5 Å². The summed E-state index contributed by atoms with van der Waals surface area (Å²) in [6.07, 6.45) is 8.95. The van der Waals surface area contributed by atoms with Gasteiger partial charge in [-0.15, -0.1) is 0 Å². The maximum atomic E-state index is 12.6. The van der Waals surface area contributed by atoms with Crippen molar-refractivity contribution < 1.29 is 19.7 Å². The molecule has 0 radical (unpaired) electrons. The second kappa shape index (κ2) is 17.3. The Balaban J connectivity index is 0.869. The summed E-state index contributed by atoms with van der Waals surface area (Å²) < 4.78 is 5.77. The van der Waals surface area contributed by atoms with Crippen molar-refractivity contribution in [1.82, 2.24) is 15.2 Å². The van der Waals surface area contributed by atoms with E-state index < -0.39 is 6.10 Å². The van der Waals surface area contributed by atoms with Gasteiger partial charge < -0.3 is 30.2 Å². The normalized spacial score (nSPS) is 14.8. The number of carbonyl (C=O) groups is 1. The van der Waals surface area contributed by atoms with Gasteiger partial charge in [-0.05, 0) is 84.9 Å². The molecular formula is C36H46N4O5S. The summed E-state index contributed by atoms with van der Waals surface area (Å²) in [4.78, 5) is 29.4. The number of thiophene rings is 1. The maximum Gasteiger partial charge on any atom is 0.411 e. The van der Waals surface area contributed by atoms with E-state index in [4.69, 9.17) is 4.74 Å². The summed E-state index contributed by atoms with van der Waals surface area (Å²) in [5, 5.41) is 31.7. The molecule has 10 heteroatoms. The number of aliphatic hydroxyl groups is 1. The maximum absolute atomic E-state index is 12.6. The first kappa shape index (κ1) is 33.7. The van der Waals surface area contributed by atoms with E-state index in [0.29, 0.717) is 23.0 Å². The highest BCUT2D eigenvalue weighted by atomic mass is 32.1. The van der Waals surface area contributed by atoms with Crippen LogP contribution in [0.1, 0.15) is 69.5 Å². The highest BCUT2D eigenvalue weighted by Gasteiger charge is 2.22. The van der Waals surface area contributed by atoms with Gasteiger partial charge in [0.05, 0.1) is 17.3 Å². The largest absolute Gasteiger partial charge is 0.506 e. The monoisotopic (exact) mass is 646 g/mol. The number of rotatable bonds is 16. The summed E-state index contributed by atoms with van der Waals surface area (Å²) in [6.45, 7) is 4.29. The van der Waals surface area contributed by atoms with Crippen molar-refractivity contribution in [3.63, 3.8) is 0 Å². The molecule has 3 heterocycles. The van der Waals surface area contributed by atoms with Crippen molar-refractivity contribution in [2.45, 2.75) is 70.0 Å². The predicted molar refractivity (Wildman–Crippen MR) is 186 cm³/mol. The molecule has 1 aliphatic rings. The van der Waals surface area contributed by atoms with E-state index in [0.717, 1.165) is 68.7 Å². The van der Waals surface area contributed by atoms with E-state index in [2.05, 4.69) is 32.0 Å². The van der Waals surface area contributed by atoms with Gasteiger partial charge in [0.2, 0.25) is 5.56 Å². The van der Waals surface area contributed by atoms with Gasteiger partial charge in [0, 0.05) is 36.7 Å². The highest BCUT2D eigenvalue weighted by Crippen LogP contribution is 2.30. The van der Waals surface area contributed by atoms with Crippen LogP contribution in [0.2, 0.25) is 0 Å². The third-order valence-electron chi connectivity index (χ3n) is 8.74. The average molecular weight is 647 g/mol. The van der Waals surface area contributed by atoms with Gasteiger partial charge in [0.15, 0.2) is 0 Å². The zero-order valence-corrected chi connectivity index (χ0v) is 27.2. The Hall–Kier alpha value is -3.70. The SMILES string of the molecule is O=C(Nc1ccccc1-c1ccsc1)OC1CCN(CCCCCCCCCNCC(O)c2ccc(O)c3[nH]c(=O)ccc23)CC1. The first-order chi connectivity index (χ1) is 22.5. The number of pyridine rings is 1. The number of phenolic OH excluding ortho intramolecular Hbond substituents is 1. The van der Waals surface area contributed by atoms with Gasteiger partial charge in [0.1, 0.15) is 11.9 Å². The molecule has 46 heavy (non-hydrogen) atoms. The van der Waals surface area contributed by atoms with Crippen LogP contribution in [0, 0.1) is 0 Å². The fourth-order valence-electron chi connectivity index (χ4n) is 6.17. The van der Waals surface area contributed by atoms with Crippen LogP contribution in [-0.4, -0.2) is 65.0 Å². The summed E-state index contributed by atoms with van der Waals surface area (Å²) in [5.41, 5.74) is 3.63. The molecule has 1 aliphatic heterocycles. The minimum absolute atomic E-state index is 0.00216. The molecule has 0 spiro atoms. The number of piperidine rings is 1. The van der Waals surface area contributed by atoms with Crippen molar-refractivity contribution in [2.75, 3.05) is 38.0 Å². The van der Waals surface area contributed by atoms with Gasteiger partial charge in [-0.1, -0.05) is 56.4 Å². The zero-order valence-electron chi connectivity index (χ0n) is 26.4. The molecule has 9 nitrogen and oxygen atoms in total. The number of ether oxygens (including phenoxy) is 1. The van der Waals surface area contributed by atoms with Crippen LogP contribution in [0.15, 0.2) is 70.2 Å². The Bertz CT molecular complexity index is 1580. The Morgan fingerprint density at radius 1 is 0.978 bits per heavy atom. The number of aromatic nitrogens is 1. The molecule has 5 rings (SSSR count). The lowest BCUT2D eigenvalue weighted by Crippen LogP contribution is -2.38. The topological polar surface area (TPSA) is 127 Å². The number of para-hydroxylation sites is 1. The summed E-state index contributed by atoms with van der Waals surface area (Å²) >= 11 is 1.64. The number of phenols is 1. The number of anilines is 1. The molecule has 1 unspecified atom stereocenters. The second-order valence-corrected chi connectivity index (χ2v) is 12.9. The second-order valence-electron chi connectivity index (χ2n) is 12.1. The standard InChI is InChI=1S/C36H46N4O5S/c41-32-14-12-29(30-13-15-34(43)39-35(30)32)33(42)24-37-19-8-4-2-1-3-5-9-20-40-21-16-27(17-22-40)45-36(44)38-31-11-7-6-10-28(31)26-18-23-46-25-26/h6-7,10-15,18,23,25,27,33,37,41-42H,1-5,8-9,16-17,19-22,24H2,(H,38,44)(H,39,43). The van der Waals surface area contributed by atoms with E-state index in [-0.39, 0.29) is 23.5 Å². The lowest BCUT2D eigenvalue weighted by atomic mass is 10.0. The first-order valence-corrected chi connectivity index (χ1v) is 17.5. The minimum Gasteiger partial charge on any atom is -0.506 e. The quantitative estimate of drug-likeness (QED) is 0.0828. The summed E-state index contributed by atoms with van der Waals surface area (Å²) in [5.74, 6) is -0.00216. The Morgan fingerprint density at radius 2 is 1.74 bits per heavy atom. The third-order valence-corrected chi connectivity index (χ3v) is 9.42. The number of carbonyl (C=O) groups excluding carboxylic acids is 1. The van der Waals surface area contributed by atoms with E-state index >= 15 is 0 Å². The molecular weight excluding hydrogens is 600 g/mol. The fourth-order valence-corrected chi connectivity index (χ4v) is 6.83. The van der Waals surface area contributed by atoms with Gasteiger partial charge >= 0.3 is 6.09 Å². The predicted octanol–water partition coefficient (Wildman–Crippen LogP) is 7.03. The van der Waals surface area contributed by atoms with Crippen molar-refractivity contribution in [2.24, 2.45) is 0 Å². The van der Waals surface area contributed by atoms with Gasteiger partial charge in [-0.25, -0.2) is 4.79 Å². The molecule has 2 aromatic carbocycles. The molecule has 1 atom stereocenters. The number of fused-ring (bicyclic) bond motifs is 1. The van der Waals surface area contributed by atoms with Crippen LogP contribution in [-0.2, 0) is 4.74 Å². The molecule has 4 aromatic rings. The Labute approximate surface area is 274 Å². The van der Waals surface area contributed by atoms with Gasteiger partial charge in [-0.3, -0.25) is 10.1 Å². The number of aromatic amines is 1. The van der Waals surface area contributed by atoms with Crippen molar-refractivity contribution in [3.05, 3.63) is 81.3 Å². The number of likely N-dealkylation sites (tertiary alicyclic amines) is 1. The molecule has 2 aromatic heterocycles. The van der Waals surface area contributed by atoms with Crippen molar-refractivity contribution in [3.8, 4) is 16.9 Å². The van der Waals surface area contributed by atoms with Gasteiger partial charge in [-0.2, -0.15) is 11.3 Å². The first-order valence-electron chi connectivity index (χ1n) is 16.5. The molecule has 1 amide bonds. The van der Waals surface area contributed by atoms with Crippen molar-refractivity contribution in [1.29, 1.82) is 0 Å². The van der Waals surface area contributed by atoms with Crippen LogP contribution in [0.3, 0.4) is 0 Å². The smallest absolute Gasteiger partial charge is 0.411 e. The minimum atomic E-state index is -0.725. The molecule has 5 N–H and O–H groups in total. The highest BCUT2D eigenvalue weighted by molar-refractivity contribution is 7.08. The van der Waals surface area contributed by atoms with Gasteiger partial charge in [0.25, 0.3) is 0 Å². The number of unbranched alkanes of at least 4 members (excludes halogenated alkanes) is 6. The number of hydrogen-bond donors (Lipinski definition) is 5. The van der Waals surface area contributed by atoms with E-state index in [1.54, 1.807) is 23.5 Å². The van der Waals surface area contributed by atoms with E-state index in [1.165, 1.54) is 44.2 Å². The van der Waals surface area contributed by atoms with E-state index in [1.807, 2.05) is 29.6 Å². The summed E-state index contributed by atoms with van der Waals surface area (Å²) in [6, 6.07) is 16.1. The zero-order chi connectivity index (χ0) is 32.1. The number of aliphatic hydroxyl groups excluding tert-OH is 1. The lowest BCUT2D eigenvalue weighted by molar-refractivity contribution is 0.0584. The van der Waals surface area contributed by atoms with Crippen LogP contribution >= 0.6 is 11.3 Å². The molecule has 0 saturated carbocycles. The number of H-pyrrole nitrogens is 1. The fraction of sp³-hybridized carbons (Fsp3) is 0.444. The number of benzene rings is 2. The molecule has 1 saturated heterocycles. The van der Waals surface area contributed by atoms with Crippen LogP contribution < -0.4 is 16.2 Å². The van der Waals surface area contributed by atoms with Crippen molar-refractivity contribution >= 4 is 34.0 Å². The Kier molecular flexibility index (Phi) is 12.6. The number of hydrogen-bond acceptors (Lipinski definition) is 8. The number of nitrogens with zero attached hydrogens (tertiary/aromatic N) is 1. The van der Waals surface area contributed by atoms with Crippen LogP contribution in [0.25, 0.3) is 22.0 Å². The Morgan fingerprint density at radius 3 is 2.52 bits per heavy atom. The molecule has 1 fully saturated rings. The third kappa shape index (κ3) is 9.65. The number of nitrogens with one attached hydrogen (secondary N) is 3. The van der Waals surface area contributed by atoms with E-state index in [9.17, 15) is 19.8 Å². The number of amides is 1. The number of aromatic hydroxyl groups is 1. The van der Waals surface area contributed by atoms with Crippen LogP contribution in [0.5, 0.6) is 5.75 Å². The summed E-state index contributed by atoms with van der Waals surface area (Å²) in [7, 11) is 0. The lowest BCUT2D eigenvalue weighted by Gasteiger charge is -2.31. The molecule has 246 valence electrons. The molecule has 0 aliphatic carbocycles. The average Bonchev–Trinajstić information content (AvgIpc) is 3.60. The molecule has 0 bridgehead atoms.